The van der Waals surface area contributed by atoms with Crippen LogP contribution >= 0.6 is 0 Å². The Bertz CT molecular complexity index is 650. The first-order chi connectivity index (χ1) is 10.7. The zero-order valence-electron chi connectivity index (χ0n) is 13.5. The van der Waals surface area contributed by atoms with Crippen LogP contribution in [0.4, 0.5) is 5.69 Å². The standard InChI is InChI=1S/C19H23NO2/c1-4-15-10-7-8-14(2)19(15)20-18(21)13-12-16-9-5-6-11-17(16)22-3/h5-11H,4,12-13H2,1-3H3,(H,20,21). The van der Waals surface area contributed by atoms with Gasteiger partial charge in [-0.1, -0.05) is 43.3 Å². The van der Waals surface area contributed by atoms with E-state index in [0.717, 1.165) is 29.0 Å². The fraction of sp³-hybridized carbons (Fsp3) is 0.316. The second kappa shape index (κ2) is 7.64. The maximum atomic E-state index is 12.3. The molecule has 0 fully saturated rings. The van der Waals surface area contributed by atoms with Crippen molar-refractivity contribution in [2.45, 2.75) is 33.1 Å². The van der Waals surface area contributed by atoms with Crippen LogP contribution in [0.1, 0.15) is 30.0 Å². The Morgan fingerprint density at radius 1 is 1.09 bits per heavy atom. The van der Waals surface area contributed by atoms with Gasteiger partial charge >= 0.3 is 0 Å². The molecule has 0 spiro atoms. The number of methoxy groups -OCH3 is 1. The smallest absolute Gasteiger partial charge is 0.224 e. The fourth-order valence-corrected chi connectivity index (χ4v) is 2.56. The van der Waals surface area contributed by atoms with Gasteiger partial charge in [-0.3, -0.25) is 4.79 Å². The molecule has 0 saturated carbocycles. The highest BCUT2D eigenvalue weighted by molar-refractivity contribution is 5.92. The van der Waals surface area contributed by atoms with Gasteiger partial charge in [0.2, 0.25) is 5.91 Å². The number of hydrogen-bond donors (Lipinski definition) is 1. The molecule has 0 aliphatic rings. The third-order valence-corrected chi connectivity index (χ3v) is 3.82. The van der Waals surface area contributed by atoms with Crippen molar-refractivity contribution in [2.75, 3.05) is 12.4 Å². The summed E-state index contributed by atoms with van der Waals surface area (Å²) in [6.45, 7) is 4.12. The summed E-state index contributed by atoms with van der Waals surface area (Å²) >= 11 is 0. The van der Waals surface area contributed by atoms with Gasteiger partial charge in [-0.25, -0.2) is 0 Å². The summed E-state index contributed by atoms with van der Waals surface area (Å²) in [6, 6.07) is 13.9. The van der Waals surface area contributed by atoms with Crippen LogP contribution in [0.5, 0.6) is 5.75 Å². The van der Waals surface area contributed by atoms with E-state index in [0.29, 0.717) is 12.8 Å². The number of carbonyl (C=O) groups is 1. The largest absolute Gasteiger partial charge is 0.496 e. The minimum absolute atomic E-state index is 0.0370. The number of nitrogens with one attached hydrogen (secondary N) is 1. The van der Waals surface area contributed by atoms with Gasteiger partial charge in [0.25, 0.3) is 0 Å². The summed E-state index contributed by atoms with van der Waals surface area (Å²) in [6.07, 6.45) is 2.02. The van der Waals surface area contributed by atoms with Gasteiger partial charge in [0, 0.05) is 12.1 Å². The average molecular weight is 297 g/mol. The van der Waals surface area contributed by atoms with Crippen LogP contribution in [0, 0.1) is 6.92 Å². The summed E-state index contributed by atoms with van der Waals surface area (Å²) < 4.78 is 5.32. The van der Waals surface area contributed by atoms with Gasteiger partial charge in [0.1, 0.15) is 5.75 Å². The van der Waals surface area contributed by atoms with Crippen LogP contribution < -0.4 is 10.1 Å². The molecule has 0 radical (unpaired) electrons. The number of ether oxygens (including phenoxy) is 1. The number of benzene rings is 2. The first-order valence-corrected chi connectivity index (χ1v) is 7.66. The first kappa shape index (κ1) is 16.1. The minimum Gasteiger partial charge on any atom is -0.496 e. The Kier molecular flexibility index (Phi) is 5.59. The normalized spacial score (nSPS) is 10.3. The molecule has 0 atom stereocenters. The molecule has 22 heavy (non-hydrogen) atoms. The lowest BCUT2D eigenvalue weighted by atomic mass is 10.0. The fourth-order valence-electron chi connectivity index (χ4n) is 2.56. The quantitative estimate of drug-likeness (QED) is 0.870. The van der Waals surface area contributed by atoms with E-state index >= 15 is 0 Å². The molecule has 2 rings (SSSR count). The van der Waals surface area contributed by atoms with Crippen LogP contribution in [-0.2, 0) is 17.6 Å². The molecule has 0 aliphatic heterocycles. The molecular formula is C19H23NO2. The van der Waals surface area contributed by atoms with E-state index < -0.39 is 0 Å². The van der Waals surface area contributed by atoms with Gasteiger partial charge < -0.3 is 10.1 Å². The van der Waals surface area contributed by atoms with Gasteiger partial charge in [-0.05, 0) is 42.5 Å². The third-order valence-electron chi connectivity index (χ3n) is 3.82. The average Bonchev–Trinajstić information content (AvgIpc) is 2.55. The molecule has 0 bridgehead atoms. The maximum absolute atomic E-state index is 12.3. The second-order valence-corrected chi connectivity index (χ2v) is 5.32. The van der Waals surface area contributed by atoms with Gasteiger partial charge in [-0.15, -0.1) is 0 Å². The highest BCUT2D eigenvalue weighted by Crippen LogP contribution is 2.22. The summed E-state index contributed by atoms with van der Waals surface area (Å²) in [5.74, 6) is 0.871. The lowest BCUT2D eigenvalue weighted by Crippen LogP contribution is -2.14. The van der Waals surface area contributed by atoms with E-state index in [1.165, 1.54) is 5.56 Å². The molecule has 116 valence electrons. The van der Waals surface area contributed by atoms with E-state index in [4.69, 9.17) is 4.74 Å². The number of para-hydroxylation sites is 2. The summed E-state index contributed by atoms with van der Waals surface area (Å²) in [5.41, 5.74) is 4.28. The number of anilines is 1. The molecule has 0 aliphatic carbocycles. The predicted octanol–water partition coefficient (Wildman–Crippen LogP) is 4.14. The number of carbonyl (C=O) groups excluding carboxylic acids is 1. The SMILES string of the molecule is CCc1cccc(C)c1NC(=O)CCc1ccccc1OC. The molecule has 2 aromatic rings. The predicted molar refractivity (Wildman–Crippen MR) is 90.5 cm³/mol. The van der Waals surface area contributed by atoms with Crippen LogP contribution in [0.2, 0.25) is 0 Å². The van der Waals surface area contributed by atoms with Crippen LogP contribution in [-0.4, -0.2) is 13.0 Å². The van der Waals surface area contributed by atoms with E-state index in [-0.39, 0.29) is 5.91 Å². The zero-order valence-corrected chi connectivity index (χ0v) is 13.5. The monoisotopic (exact) mass is 297 g/mol. The van der Waals surface area contributed by atoms with E-state index in [1.807, 2.05) is 43.3 Å². The summed E-state index contributed by atoms with van der Waals surface area (Å²) in [7, 11) is 1.65. The van der Waals surface area contributed by atoms with Crippen LogP contribution in [0.15, 0.2) is 42.5 Å². The van der Waals surface area contributed by atoms with E-state index in [9.17, 15) is 4.79 Å². The van der Waals surface area contributed by atoms with Crippen molar-refractivity contribution in [1.82, 2.24) is 0 Å². The Balaban J connectivity index is 2.02. The third kappa shape index (κ3) is 3.88. The van der Waals surface area contributed by atoms with Crippen LogP contribution in [0.3, 0.4) is 0 Å². The van der Waals surface area contributed by atoms with Crippen molar-refractivity contribution in [2.24, 2.45) is 0 Å². The summed E-state index contributed by atoms with van der Waals surface area (Å²) in [4.78, 5) is 12.3. The molecule has 1 N–H and O–H groups in total. The topological polar surface area (TPSA) is 38.3 Å². The molecule has 2 aromatic carbocycles. The highest BCUT2D eigenvalue weighted by atomic mass is 16.5. The zero-order chi connectivity index (χ0) is 15.9. The number of amides is 1. The number of aryl methyl sites for hydroxylation is 3. The van der Waals surface area contributed by atoms with Crippen molar-refractivity contribution in [3.63, 3.8) is 0 Å². The van der Waals surface area contributed by atoms with Crippen LogP contribution in [0.25, 0.3) is 0 Å². The second-order valence-electron chi connectivity index (χ2n) is 5.32. The molecule has 0 unspecified atom stereocenters. The Labute approximate surface area is 132 Å². The van der Waals surface area contributed by atoms with E-state index in [2.05, 4.69) is 18.3 Å². The van der Waals surface area contributed by atoms with Crippen molar-refractivity contribution in [1.29, 1.82) is 0 Å². The van der Waals surface area contributed by atoms with E-state index in [1.54, 1.807) is 7.11 Å². The molecule has 3 heteroatoms. The molecule has 0 aromatic heterocycles. The molecule has 3 nitrogen and oxygen atoms in total. The minimum atomic E-state index is 0.0370. The summed E-state index contributed by atoms with van der Waals surface area (Å²) in [5, 5.41) is 3.06. The van der Waals surface area contributed by atoms with Crippen molar-refractivity contribution >= 4 is 11.6 Å². The lowest BCUT2D eigenvalue weighted by molar-refractivity contribution is -0.116. The highest BCUT2D eigenvalue weighted by Gasteiger charge is 2.10. The van der Waals surface area contributed by atoms with Crippen molar-refractivity contribution in [3.8, 4) is 5.75 Å². The van der Waals surface area contributed by atoms with Gasteiger partial charge in [0.05, 0.1) is 7.11 Å². The van der Waals surface area contributed by atoms with Gasteiger partial charge in [0.15, 0.2) is 0 Å². The number of rotatable bonds is 6. The Morgan fingerprint density at radius 3 is 2.55 bits per heavy atom. The maximum Gasteiger partial charge on any atom is 0.224 e. The molecule has 1 amide bonds. The van der Waals surface area contributed by atoms with Crippen molar-refractivity contribution < 1.29 is 9.53 Å². The molecule has 0 saturated heterocycles. The van der Waals surface area contributed by atoms with Crippen molar-refractivity contribution in [3.05, 3.63) is 59.2 Å². The Hall–Kier alpha value is -2.29. The Morgan fingerprint density at radius 2 is 1.82 bits per heavy atom. The molecule has 0 heterocycles. The molecular weight excluding hydrogens is 274 g/mol. The first-order valence-electron chi connectivity index (χ1n) is 7.66. The van der Waals surface area contributed by atoms with Gasteiger partial charge in [-0.2, -0.15) is 0 Å². The lowest BCUT2D eigenvalue weighted by Gasteiger charge is -2.13. The number of hydrogen-bond acceptors (Lipinski definition) is 2.